The summed E-state index contributed by atoms with van der Waals surface area (Å²) in [4.78, 5) is 12.3. The van der Waals surface area contributed by atoms with Gasteiger partial charge >= 0.3 is 0 Å². The van der Waals surface area contributed by atoms with E-state index in [-0.39, 0.29) is 11.9 Å². The van der Waals surface area contributed by atoms with Crippen LogP contribution < -0.4 is 10.1 Å². The monoisotopic (exact) mass is 297 g/mol. The molecule has 2 rings (SSSR count). The highest BCUT2D eigenvalue weighted by Crippen LogP contribution is 2.20. The van der Waals surface area contributed by atoms with E-state index in [2.05, 4.69) is 12.2 Å². The van der Waals surface area contributed by atoms with Crippen LogP contribution in [-0.4, -0.2) is 12.0 Å². The number of carbonyl (C=O) groups is 1. The molecule has 0 bridgehead atoms. The summed E-state index contributed by atoms with van der Waals surface area (Å²) in [6, 6.07) is 17.7. The molecule has 0 aliphatic heterocycles. The average Bonchev–Trinajstić information content (AvgIpc) is 2.56. The van der Waals surface area contributed by atoms with E-state index in [1.54, 1.807) is 6.92 Å². The molecule has 0 spiro atoms. The van der Waals surface area contributed by atoms with Crippen LogP contribution >= 0.6 is 0 Å². The Kier molecular flexibility index (Phi) is 5.59. The van der Waals surface area contributed by atoms with Crippen molar-refractivity contribution in [2.75, 3.05) is 0 Å². The highest BCUT2D eigenvalue weighted by atomic mass is 16.5. The van der Waals surface area contributed by atoms with Crippen molar-refractivity contribution >= 4 is 5.91 Å². The van der Waals surface area contributed by atoms with Gasteiger partial charge in [-0.05, 0) is 37.5 Å². The molecular weight excluding hydrogens is 274 g/mol. The highest BCUT2D eigenvalue weighted by Gasteiger charge is 2.18. The van der Waals surface area contributed by atoms with Crippen molar-refractivity contribution in [3.63, 3.8) is 0 Å². The lowest BCUT2D eigenvalue weighted by Gasteiger charge is -2.20. The molecule has 22 heavy (non-hydrogen) atoms. The Balaban J connectivity index is 1.97. The lowest BCUT2D eigenvalue weighted by molar-refractivity contribution is -0.127. The van der Waals surface area contributed by atoms with E-state index >= 15 is 0 Å². The maximum atomic E-state index is 12.3. The molecule has 0 saturated heterocycles. The van der Waals surface area contributed by atoms with Gasteiger partial charge in [-0.3, -0.25) is 4.79 Å². The van der Waals surface area contributed by atoms with Crippen LogP contribution in [0, 0.1) is 0 Å². The van der Waals surface area contributed by atoms with Crippen LogP contribution in [0.3, 0.4) is 0 Å². The maximum Gasteiger partial charge on any atom is 0.261 e. The van der Waals surface area contributed by atoms with Crippen LogP contribution in [-0.2, 0) is 11.2 Å². The molecule has 116 valence electrons. The van der Waals surface area contributed by atoms with Crippen molar-refractivity contribution in [1.82, 2.24) is 5.32 Å². The molecule has 1 amide bonds. The fourth-order valence-corrected chi connectivity index (χ4v) is 2.31. The number of hydrogen-bond donors (Lipinski definition) is 1. The van der Waals surface area contributed by atoms with Gasteiger partial charge in [0.05, 0.1) is 6.04 Å². The number of carbonyl (C=O) groups excluding carboxylic acids is 1. The van der Waals surface area contributed by atoms with E-state index in [0.29, 0.717) is 0 Å². The zero-order valence-electron chi connectivity index (χ0n) is 13.4. The molecule has 1 unspecified atom stereocenters. The van der Waals surface area contributed by atoms with Crippen molar-refractivity contribution in [2.24, 2.45) is 0 Å². The minimum absolute atomic E-state index is 0.0406. The molecule has 2 aromatic carbocycles. The van der Waals surface area contributed by atoms with E-state index in [9.17, 15) is 4.79 Å². The Labute approximate surface area is 132 Å². The number of aryl methyl sites for hydroxylation is 1. The largest absolute Gasteiger partial charge is 0.481 e. The van der Waals surface area contributed by atoms with Crippen LogP contribution in [0.15, 0.2) is 54.6 Å². The lowest BCUT2D eigenvalue weighted by Crippen LogP contribution is -2.37. The Bertz CT molecular complexity index is 610. The summed E-state index contributed by atoms with van der Waals surface area (Å²) < 4.78 is 5.82. The first-order valence-electron chi connectivity index (χ1n) is 7.71. The van der Waals surface area contributed by atoms with E-state index in [1.807, 2.05) is 61.5 Å². The number of rotatable bonds is 6. The third kappa shape index (κ3) is 4.10. The first-order chi connectivity index (χ1) is 10.6. The quantitative estimate of drug-likeness (QED) is 0.878. The second-order valence-electron chi connectivity index (χ2n) is 5.36. The van der Waals surface area contributed by atoms with Gasteiger partial charge in [0.2, 0.25) is 0 Å². The van der Waals surface area contributed by atoms with E-state index in [4.69, 9.17) is 4.74 Å². The Morgan fingerprint density at radius 2 is 1.68 bits per heavy atom. The Morgan fingerprint density at radius 3 is 2.36 bits per heavy atom. The molecule has 1 N–H and O–H groups in total. The zero-order valence-corrected chi connectivity index (χ0v) is 13.4. The molecule has 0 aliphatic rings. The smallest absolute Gasteiger partial charge is 0.261 e. The SMILES string of the molecule is CCc1ccccc1OC(C)C(=O)N[C@@H](C)c1ccccc1. The highest BCUT2D eigenvalue weighted by molar-refractivity contribution is 5.81. The summed E-state index contributed by atoms with van der Waals surface area (Å²) in [5, 5.41) is 2.99. The number of benzene rings is 2. The molecule has 2 atom stereocenters. The predicted molar refractivity (Wildman–Crippen MR) is 88.9 cm³/mol. The van der Waals surface area contributed by atoms with Gasteiger partial charge in [-0.15, -0.1) is 0 Å². The van der Waals surface area contributed by atoms with Gasteiger partial charge in [0.25, 0.3) is 5.91 Å². The van der Waals surface area contributed by atoms with Gasteiger partial charge in [-0.1, -0.05) is 55.5 Å². The van der Waals surface area contributed by atoms with Crippen LogP contribution in [0.2, 0.25) is 0 Å². The third-order valence-electron chi connectivity index (χ3n) is 3.68. The molecule has 0 radical (unpaired) electrons. The second-order valence-corrected chi connectivity index (χ2v) is 5.36. The van der Waals surface area contributed by atoms with Crippen LogP contribution in [0.4, 0.5) is 0 Å². The summed E-state index contributed by atoms with van der Waals surface area (Å²) in [6.45, 7) is 5.82. The maximum absolute atomic E-state index is 12.3. The second kappa shape index (κ2) is 7.64. The summed E-state index contributed by atoms with van der Waals surface area (Å²) in [6.07, 6.45) is 0.351. The summed E-state index contributed by atoms with van der Waals surface area (Å²) in [5.74, 6) is 0.669. The van der Waals surface area contributed by atoms with Gasteiger partial charge in [0.1, 0.15) is 5.75 Å². The minimum atomic E-state index is -0.529. The van der Waals surface area contributed by atoms with E-state index in [0.717, 1.165) is 23.3 Å². The van der Waals surface area contributed by atoms with Gasteiger partial charge < -0.3 is 10.1 Å². The topological polar surface area (TPSA) is 38.3 Å². The van der Waals surface area contributed by atoms with Gasteiger partial charge in [0.15, 0.2) is 6.10 Å². The molecule has 2 aromatic rings. The third-order valence-corrected chi connectivity index (χ3v) is 3.68. The van der Waals surface area contributed by atoms with Gasteiger partial charge in [-0.2, -0.15) is 0 Å². The van der Waals surface area contributed by atoms with Crippen molar-refractivity contribution in [2.45, 2.75) is 39.3 Å². The van der Waals surface area contributed by atoms with Crippen molar-refractivity contribution < 1.29 is 9.53 Å². The number of hydrogen-bond acceptors (Lipinski definition) is 2. The van der Waals surface area contributed by atoms with Crippen LogP contribution in [0.1, 0.15) is 37.9 Å². The van der Waals surface area contributed by atoms with Gasteiger partial charge in [-0.25, -0.2) is 0 Å². The summed E-state index contributed by atoms with van der Waals surface area (Å²) >= 11 is 0. The number of nitrogens with one attached hydrogen (secondary N) is 1. The molecule has 0 heterocycles. The molecule has 3 heteroatoms. The minimum Gasteiger partial charge on any atom is -0.481 e. The number of ether oxygens (including phenoxy) is 1. The Hall–Kier alpha value is -2.29. The molecular formula is C19H23NO2. The van der Waals surface area contributed by atoms with Crippen molar-refractivity contribution in [3.05, 3.63) is 65.7 Å². The summed E-state index contributed by atoms with van der Waals surface area (Å²) in [7, 11) is 0. The molecule has 3 nitrogen and oxygen atoms in total. The lowest BCUT2D eigenvalue weighted by atomic mass is 10.1. The fourth-order valence-electron chi connectivity index (χ4n) is 2.31. The first kappa shape index (κ1) is 16.1. The Morgan fingerprint density at radius 1 is 1.05 bits per heavy atom. The normalized spacial score (nSPS) is 13.2. The van der Waals surface area contributed by atoms with Crippen molar-refractivity contribution in [1.29, 1.82) is 0 Å². The zero-order chi connectivity index (χ0) is 15.9. The van der Waals surface area contributed by atoms with Crippen molar-refractivity contribution in [3.8, 4) is 5.75 Å². The average molecular weight is 297 g/mol. The summed E-state index contributed by atoms with van der Waals surface area (Å²) in [5.41, 5.74) is 2.19. The standard InChI is InChI=1S/C19H23NO2/c1-4-16-10-8-9-13-18(16)22-15(3)19(21)20-14(2)17-11-6-5-7-12-17/h5-15H,4H2,1-3H3,(H,20,21)/t14-,15?/m0/s1. The van der Waals surface area contributed by atoms with Crippen LogP contribution in [0.25, 0.3) is 0 Å². The van der Waals surface area contributed by atoms with E-state index in [1.165, 1.54) is 0 Å². The number of para-hydroxylation sites is 1. The first-order valence-corrected chi connectivity index (χ1v) is 7.71. The van der Waals surface area contributed by atoms with E-state index < -0.39 is 6.10 Å². The van der Waals surface area contributed by atoms with Gasteiger partial charge in [0, 0.05) is 0 Å². The molecule has 0 aromatic heterocycles. The van der Waals surface area contributed by atoms with Crippen LogP contribution in [0.5, 0.6) is 5.75 Å². The molecule has 0 saturated carbocycles. The predicted octanol–water partition coefficient (Wildman–Crippen LogP) is 3.89. The molecule has 0 fully saturated rings. The fraction of sp³-hybridized carbons (Fsp3) is 0.316. The number of amides is 1. The molecule has 0 aliphatic carbocycles.